The van der Waals surface area contributed by atoms with Crippen molar-refractivity contribution in [1.82, 2.24) is 9.88 Å². The summed E-state index contributed by atoms with van der Waals surface area (Å²) >= 11 is 1.08. The van der Waals surface area contributed by atoms with E-state index in [1.54, 1.807) is 25.9 Å². The first-order chi connectivity index (χ1) is 13.4. The van der Waals surface area contributed by atoms with Crippen molar-refractivity contribution in [3.63, 3.8) is 0 Å². The van der Waals surface area contributed by atoms with Gasteiger partial charge in [0, 0.05) is 19.7 Å². The summed E-state index contributed by atoms with van der Waals surface area (Å²) in [6.07, 6.45) is 1.51. The number of hydrogen-bond acceptors (Lipinski definition) is 6. The SMILES string of the molecule is CCOC(=O)c1sc2nc(-c3ccccc3)cc(C(=O)O)c2c1N=CN(C)C. The summed E-state index contributed by atoms with van der Waals surface area (Å²) in [5.74, 6) is -1.66. The van der Waals surface area contributed by atoms with Crippen molar-refractivity contribution in [3.05, 3.63) is 46.8 Å². The molecule has 1 aromatic carbocycles. The Morgan fingerprint density at radius 3 is 2.61 bits per heavy atom. The predicted octanol–water partition coefficient (Wildman–Crippen LogP) is 4.06. The molecule has 0 unspecified atom stereocenters. The van der Waals surface area contributed by atoms with Crippen molar-refractivity contribution in [2.45, 2.75) is 6.92 Å². The van der Waals surface area contributed by atoms with Crippen LogP contribution in [0.1, 0.15) is 27.0 Å². The van der Waals surface area contributed by atoms with E-state index >= 15 is 0 Å². The number of aliphatic imine (C=N–C) groups is 1. The zero-order valence-corrected chi connectivity index (χ0v) is 16.5. The molecular formula is C20H19N3O4S. The monoisotopic (exact) mass is 397 g/mol. The van der Waals surface area contributed by atoms with Crippen LogP contribution in [0.3, 0.4) is 0 Å². The van der Waals surface area contributed by atoms with Crippen LogP contribution in [0.4, 0.5) is 5.69 Å². The average Bonchev–Trinajstić information content (AvgIpc) is 3.05. The third kappa shape index (κ3) is 3.86. The molecule has 8 heteroatoms. The number of thiophene rings is 1. The predicted molar refractivity (Wildman–Crippen MR) is 110 cm³/mol. The molecule has 0 saturated carbocycles. The number of esters is 1. The lowest BCUT2D eigenvalue weighted by Crippen LogP contribution is -2.08. The third-order valence-electron chi connectivity index (χ3n) is 3.82. The standard InChI is InChI=1S/C20H19N3O4S/c1-4-27-20(26)17-16(21-11-23(2)3)15-13(19(24)25)10-14(22-18(15)28-17)12-8-6-5-7-9-12/h5-11H,4H2,1-3H3,(H,24,25). The Balaban J connectivity index is 2.32. The molecular weight excluding hydrogens is 378 g/mol. The fourth-order valence-electron chi connectivity index (χ4n) is 2.64. The van der Waals surface area contributed by atoms with Gasteiger partial charge in [0.25, 0.3) is 0 Å². The van der Waals surface area contributed by atoms with Gasteiger partial charge < -0.3 is 14.7 Å². The number of carbonyl (C=O) groups is 2. The number of aromatic nitrogens is 1. The first kappa shape index (κ1) is 19.5. The number of fused-ring (bicyclic) bond motifs is 1. The van der Waals surface area contributed by atoms with E-state index in [2.05, 4.69) is 9.98 Å². The van der Waals surface area contributed by atoms with Crippen molar-refractivity contribution in [1.29, 1.82) is 0 Å². The summed E-state index contributed by atoms with van der Waals surface area (Å²) in [6, 6.07) is 10.8. The summed E-state index contributed by atoms with van der Waals surface area (Å²) in [4.78, 5) is 35.7. The molecule has 2 heterocycles. The quantitative estimate of drug-likeness (QED) is 0.383. The van der Waals surface area contributed by atoms with Crippen LogP contribution in [-0.4, -0.2) is 54.0 Å². The number of rotatable bonds is 6. The van der Waals surface area contributed by atoms with E-state index in [4.69, 9.17) is 4.74 Å². The van der Waals surface area contributed by atoms with E-state index in [1.807, 2.05) is 30.3 Å². The molecule has 1 N–H and O–H groups in total. The normalized spacial score (nSPS) is 11.1. The molecule has 2 aromatic heterocycles. The molecule has 0 fully saturated rings. The Morgan fingerprint density at radius 2 is 2.00 bits per heavy atom. The van der Waals surface area contributed by atoms with Crippen LogP contribution in [0.5, 0.6) is 0 Å². The van der Waals surface area contributed by atoms with E-state index in [-0.39, 0.29) is 22.7 Å². The number of aromatic carboxylic acids is 1. The fraction of sp³-hybridized carbons (Fsp3) is 0.200. The van der Waals surface area contributed by atoms with Gasteiger partial charge >= 0.3 is 11.9 Å². The van der Waals surface area contributed by atoms with E-state index < -0.39 is 11.9 Å². The molecule has 144 valence electrons. The lowest BCUT2D eigenvalue weighted by Gasteiger charge is -2.06. The van der Waals surface area contributed by atoms with Crippen LogP contribution in [0, 0.1) is 0 Å². The van der Waals surface area contributed by atoms with Crippen LogP contribution in [0.15, 0.2) is 41.4 Å². The molecule has 7 nitrogen and oxygen atoms in total. The van der Waals surface area contributed by atoms with Gasteiger partial charge in [-0.3, -0.25) is 0 Å². The minimum absolute atomic E-state index is 0.0431. The highest BCUT2D eigenvalue weighted by Gasteiger charge is 2.25. The van der Waals surface area contributed by atoms with E-state index in [0.29, 0.717) is 15.9 Å². The van der Waals surface area contributed by atoms with Crippen molar-refractivity contribution in [3.8, 4) is 11.3 Å². The Hall–Kier alpha value is -3.26. The van der Waals surface area contributed by atoms with Gasteiger partial charge in [0.1, 0.15) is 15.4 Å². The highest BCUT2D eigenvalue weighted by Crippen LogP contribution is 2.41. The Labute approximate surface area is 165 Å². The largest absolute Gasteiger partial charge is 0.478 e. The average molecular weight is 397 g/mol. The Bertz CT molecular complexity index is 1060. The molecule has 28 heavy (non-hydrogen) atoms. The zero-order chi connectivity index (χ0) is 20.3. The van der Waals surface area contributed by atoms with Gasteiger partial charge in [-0.2, -0.15) is 0 Å². The number of carboxylic acids is 1. The number of ether oxygens (including phenoxy) is 1. The number of hydrogen-bond donors (Lipinski definition) is 1. The molecule has 3 rings (SSSR count). The van der Waals surface area contributed by atoms with Gasteiger partial charge in [0.15, 0.2) is 0 Å². The molecule has 0 radical (unpaired) electrons. The van der Waals surface area contributed by atoms with Gasteiger partial charge in [-0.05, 0) is 13.0 Å². The maximum atomic E-state index is 12.4. The van der Waals surface area contributed by atoms with Crippen molar-refractivity contribution in [2.24, 2.45) is 4.99 Å². The lowest BCUT2D eigenvalue weighted by atomic mass is 10.1. The Morgan fingerprint density at radius 1 is 1.29 bits per heavy atom. The van der Waals surface area contributed by atoms with Gasteiger partial charge in [0.2, 0.25) is 0 Å². The van der Waals surface area contributed by atoms with Crippen LogP contribution in [-0.2, 0) is 4.74 Å². The highest BCUT2D eigenvalue weighted by atomic mass is 32.1. The minimum atomic E-state index is -1.11. The molecule has 0 atom stereocenters. The van der Waals surface area contributed by atoms with Crippen LogP contribution < -0.4 is 0 Å². The summed E-state index contributed by atoms with van der Waals surface area (Å²) < 4.78 is 5.13. The first-order valence-electron chi connectivity index (χ1n) is 8.56. The number of benzene rings is 1. The number of nitrogens with zero attached hydrogens (tertiary/aromatic N) is 3. The third-order valence-corrected chi connectivity index (χ3v) is 4.87. The molecule has 0 spiro atoms. The van der Waals surface area contributed by atoms with Crippen molar-refractivity contribution in [2.75, 3.05) is 20.7 Å². The second-order valence-electron chi connectivity index (χ2n) is 6.11. The second kappa shape index (κ2) is 8.18. The van der Waals surface area contributed by atoms with Crippen LogP contribution in [0.2, 0.25) is 0 Å². The van der Waals surface area contributed by atoms with Crippen molar-refractivity contribution >= 4 is 45.5 Å². The molecule has 0 bridgehead atoms. The van der Waals surface area contributed by atoms with Gasteiger partial charge in [-0.15, -0.1) is 11.3 Å². The second-order valence-corrected chi connectivity index (χ2v) is 7.11. The lowest BCUT2D eigenvalue weighted by molar-refractivity contribution is 0.0532. The summed E-state index contributed by atoms with van der Waals surface area (Å²) in [7, 11) is 3.57. The smallest absolute Gasteiger partial charge is 0.350 e. The zero-order valence-electron chi connectivity index (χ0n) is 15.7. The molecule has 0 amide bonds. The van der Waals surface area contributed by atoms with Crippen LogP contribution >= 0.6 is 11.3 Å². The van der Waals surface area contributed by atoms with Crippen LogP contribution in [0.25, 0.3) is 21.5 Å². The fourth-order valence-corrected chi connectivity index (χ4v) is 3.68. The van der Waals surface area contributed by atoms with Gasteiger partial charge in [0.05, 0.1) is 29.6 Å². The van der Waals surface area contributed by atoms with E-state index in [0.717, 1.165) is 16.9 Å². The topological polar surface area (TPSA) is 92.1 Å². The molecule has 0 saturated heterocycles. The Kier molecular flexibility index (Phi) is 5.70. The number of carboxylic acid groups (broad SMARTS) is 1. The van der Waals surface area contributed by atoms with E-state index in [1.165, 1.54) is 12.4 Å². The summed E-state index contributed by atoms with van der Waals surface area (Å²) in [5, 5.41) is 10.1. The minimum Gasteiger partial charge on any atom is -0.478 e. The number of pyridine rings is 1. The molecule has 0 aliphatic rings. The van der Waals surface area contributed by atoms with Gasteiger partial charge in [-0.1, -0.05) is 30.3 Å². The summed E-state index contributed by atoms with van der Waals surface area (Å²) in [6.45, 7) is 1.92. The highest BCUT2D eigenvalue weighted by molar-refractivity contribution is 7.21. The summed E-state index contributed by atoms with van der Waals surface area (Å²) in [5.41, 5.74) is 1.61. The molecule has 0 aliphatic carbocycles. The molecule has 3 aromatic rings. The number of carbonyl (C=O) groups excluding carboxylic acids is 1. The molecule has 0 aliphatic heterocycles. The maximum absolute atomic E-state index is 12.4. The maximum Gasteiger partial charge on any atom is 0.350 e. The van der Waals surface area contributed by atoms with E-state index in [9.17, 15) is 14.7 Å². The van der Waals surface area contributed by atoms with Crippen molar-refractivity contribution < 1.29 is 19.4 Å². The van der Waals surface area contributed by atoms with Gasteiger partial charge in [-0.25, -0.2) is 19.6 Å². The first-order valence-corrected chi connectivity index (χ1v) is 9.38.